The molecule has 2 heterocycles. The van der Waals surface area contributed by atoms with Gasteiger partial charge in [-0.1, -0.05) is 12.1 Å². The quantitative estimate of drug-likeness (QED) is 0.691. The van der Waals surface area contributed by atoms with Gasteiger partial charge in [0.15, 0.2) is 0 Å². The number of methoxy groups -OCH3 is 1. The Morgan fingerprint density at radius 1 is 1.25 bits per heavy atom. The molecule has 0 saturated carbocycles. The van der Waals surface area contributed by atoms with Crippen molar-refractivity contribution in [3.63, 3.8) is 0 Å². The lowest BCUT2D eigenvalue weighted by Gasteiger charge is -2.11. The average molecular weight is 389 g/mol. The van der Waals surface area contributed by atoms with E-state index in [9.17, 15) is 0 Å². The fourth-order valence-corrected chi connectivity index (χ4v) is 3.33. The molecule has 0 aliphatic rings. The summed E-state index contributed by atoms with van der Waals surface area (Å²) in [5.41, 5.74) is 5.50. The zero-order chi connectivity index (χ0) is 17.1. The van der Waals surface area contributed by atoms with Crippen LogP contribution in [0.1, 0.15) is 17.0 Å². The summed E-state index contributed by atoms with van der Waals surface area (Å²) in [7, 11) is 1.71. The van der Waals surface area contributed by atoms with Crippen molar-refractivity contribution in [3.05, 3.63) is 51.9 Å². The number of benzene rings is 1. The minimum absolute atomic E-state index is 0.665. The molecule has 0 atom stereocenters. The van der Waals surface area contributed by atoms with E-state index in [-0.39, 0.29) is 0 Å². The van der Waals surface area contributed by atoms with Crippen LogP contribution >= 0.6 is 15.9 Å². The van der Waals surface area contributed by atoms with Crippen molar-refractivity contribution in [1.29, 1.82) is 0 Å². The first-order chi connectivity index (χ1) is 11.6. The normalized spacial score (nSPS) is 11.2. The third kappa shape index (κ3) is 3.30. The first-order valence-electron chi connectivity index (χ1n) is 7.90. The Bertz CT molecular complexity index is 860. The summed E-state index contributed by atoms with van der Waals surface area (Å²) in [6, 6.07) is 8.12. The number of aromatic nitrogens is 3. The second-order valence-corrected chi connectivity index (χ2v) is 6.57. The molecule has 3 rings (SSSR count). The van der Waals surface area contributed by atoms with E-state index in [0.717, 1.165) is 39.8 Å². The molecule has 0 aliphatic carbocycles. The van der Waals surface area contributed by atoms with Crippen LogP contribution in [0.2, 0.25) is 0 Å². The second kappa shape index (κ2) is 7.32. The van der Waals surface area contributed by atoms with Crippen LogP contribution in [0.25, 0.3) is 10.9 Å². The highest BCUT2D eigenvalue weighted by Gasteiger charge is 2.12. The molecule has 5 nitrogen and oxygen atoms in total. The van der Waals surface area contributed by atoms with Crippen molar-refractivity contribution in [2.45, 2.75) is 26.9 Å². The van der Waals surface area contributed by atoms with Crippen molar-refractivity contribution in [1.82, 2.24) is 14.8 Å². The molecule has 1 aromatic carbocycles. The van der Waals surface area contributed by atoms with E-state index in [1.807, 2.05) is 29.1 Å². The van der Waals surface area contributed by atoms with Crippen molar-refractivity contribution in [3.8, 4) is 0 Å². The molecular weight excluding hydrogens is 368 g/mol. The monoisotopic (exact) mass is 388 g/mol. The van der Waals surface area contributed by atoms with Gasteiger partial charge in [0.2, 0.25) is 0 Å². The number of pyridine rings is 1. The number of fused-ring (bicyclic) bond motifs is 1. The van der Waals surface area contributed by atoms with E-state index in [2.05, 4.69) is 51.2 Å². The summed E-state index contributed by atoms with van der Waals surface area (Å²) in [4.78, 5) is 4.45. The summed E-state index contributed by atoms with van der Waals surface area (Å²) < 4.78 is 8.16. The predicted molar refractivity (Wildman–Crippen MR) is 100 cm³/mol. The molecule has 0 saturated heterocycles. The third-order valence-electron chi connectivity index (χ3n) is 4.22. The van der Waals surface area contributed by atoms with Crippen LogP contribution in [0.5, 0.6) is 0 Å². The Morgan fingerprint density at radius 2 is 2.08 bits per heavy atom. The number of para-hydroxylation sites is 1. The van der Waals surface area contributed by atoms with E-state index in [1.54, 1.807) is 7.11 Å². The van der Waals surface area contributed by atoms with E-state index < -0.39 is 0 Å². The lowest BCUT2D eigenvalue weighted by molar-refractivity contribution is 0.182. The molecule has 24 heavy (non-hydrogen) atoms. The summed E-state index contributed by atoms with van der Waals surface area (Å²) in [5, 5.41) is 9.26. The van der Waals surface area contributed by atoms with Gasteiger partial charge in [-0.25, -0.2) is 0 Å². The molecule has 2 aromatic heterocycles. The fourth-order valence-electron chi connectivity index (χ4n) is 2.86. The lowest BCUT2D eigenvalue weighted by atomic mass is 10.1. The summed E-state index contributed by atoms with van der Waals surface area (Å²) in [6.07, 6.45) is 1.83. The molecule has 1 N–H and O–H groups in total. The number of hydrogen-bond acceptors (Lipinski definition) is 4. The predicted octanol–water partition coefficient (Wildman–Crippen LogP) is 4.07. The number of hydrogen-bond donors (Lipinski definition) is 1. The van der Waals surface area contributed by atoms with Gasteiger partial charge >= 0.3 is 0 Å². The van der Waals surface area contributed by atoms with Crippen LogP contribution in [0.4, 0.5) is 5.69 Å². The van der Waals surface area contributed by atoms with Crippen LogP contribution in [-0.4, -0.2) is 28.5 Å². The maximum atomic E-state index is 5.15. The van der Waals surface area contributed by atoms with Gasteiger partial charge in [0.05, 0.1) is 24.4 Å². The molecule has 0 unspecified atom stereocenters. The zero-order valence-corrected chi connectivity index (χ0v) is 15.7. The molecule has 6 heteroatoms. The Balaban J connectivity index is 1.84. The van der Waals surface area contributed by atoms with E-state index >= 15 is 0 Å². The molecule has 0 aliphatic heterocycles. The minimum Gasteiger partial charge on any atom is -0.383 e. The first kappa shape index (κ1) is 16.9. The minimum atomic E-state index is 0.665. The Labute approximate surface area is 150 Å². The number of halogens is 1. The molecule has 3 aromatic rings. The first-order valence-corrected chi connectivity index (χ1v) is 8.70. The molecule has 126 valence electrons. The van der Waals surface area contributed by atoms with Gasteiger partial charge in [0.1, 0.15) is 0 Å². The zero-order valence-electron chi connectivity index (χ0n) is 14.1. The lowest BCUT2D eigenvalue weighted by Crippen LogP contribution is -2.08. The number of aryl methyl sites for hydroxylation is 1. The Kier molecular flexibility index (Phi) is 5.16. The van der Waals surface area contributed by atoms with Crippen LogP contribution < -0.4 is 5.32 Å². The van der Waals surface area contributed by atoms with Crippen molar-refractivity contribution in [2.24, 2.45) is 0 Å². The van der Waals surface area contributed by atoms with Crippen molar-refractivity contribution < 1.29 is 4.74 Å². The molecule has 0 fully saturated rings. The molecular formula is C18H21BrN4O. The molecule has 0 spiro atoms. The summed E-state index contributed by atoms with van der Waals surface area (Å²) in [6.45, 7) is 6.32. The van der Waals surface area contributed by atoms with Crippen LogP contribution in [0.15, 0.2) is 34.9 Å². The highest BCUT2D eigenvalue weighted by atomic mass is 79.9. The van der Waals surface area contributed by atoms with Gasteiger partial charge < -0.3 is 10.1 Å². The van der Waals surface area contributed by atoms with Crippen molar-refractivity contribution >= 4 is 32.5 Å². The maximum absolute atomic E-state index is 5.15. The Hall–Kier alpha value is -1.92. The van der Waals surface area contributed by atoms with Crippen LogP contribution in [-0.2, 0) is 17.8 Å². The highest BCUT2D eigenvalue weighted by Crippen LogP contribution is 2.28. The number of nitrogens with zero attached hydrogens (tertiary/aromatic N) is 3. The average Bonchev–Trinajstić information content (AvgIpc) is 2.85. The molecule has 0 bridgehead atoms. The van der Waals surface area contributed by atoms with Gasteiger partial charge in [0.25, 0.3) is 0 Å². The SMILES string of the molecule is COCCn1nc(C)c(CNc2ccnc3c(Br)cccc23)c1C. The van der Waals surface area contributed by atoms with Gasteiger partial charge in [0, 0.05) is 46.7 Å². The van der Waals surface area contributed by atoms with Crippen LogP contribution in [0, 0.1) is 13.8 Å². The molecule has 0 radical (unpaired) electrons. The molecule has 0 amide bonds. The van der Waals surface area contributed by atoms with Gasteiger partial charge in [-0.3, -0.25) is 9.67 Å². The highest BCUT2D eigenvalue weighted by molar-refractivity contribution is 9.10. The maximum Gasteiger partial charge on any atom is 0.0864 e. The standard InChI is InChI=1S/C18H21BrN4O/c1-12-15(13(2)23(22-12)9-10-24-3)11-21-17-7-8-20-18-14(17)5-4-6-16(18)19/h4-8H,9-11H2,1-3H3,(H,20,21). The topological polar surface area (TPSA) is 52.0 Å². The van der Waals surface area contributed by atoms with Gasteiger partial charge in [-0.05, 0) is 41.9 Å². The number of rotatable bonds is 6. The van der Waals surface area contributed by atoms with E-state index in [4.69, 9.17) is 4.74 Å². The van der Waals surface area contributed by atoms with Crippen molar-refractivity contribution in [2.75, 3.05) is 19.0 Å². The number of nitrogens with one attached hydrogen (secondary N) is 1. The van der Waals surface area contributed by atoms with Crippen LogP contribution in [0.3, 0.4) is 0 Å². The van der Waals surface area contributed by atoms with E-state index in [0.29, 0.717) is 6.61 Å². The smallest absolute Gasteiger partial charge is 0.0864 e. The van der Waals surface area contributed by atoms with E-state index in [1.165, 1.54) is 11.3 Å². The largest absolute Gasteiger partial charge is 0.383 e. The van der Waals surface area contributed by atoms with Gasteiger partial charge in [-0.15, -0.1) is 0 Å². The summed E-state index contributed by atoms with van der Waals surface area (Å²) >= 11 is 3.56. The third-order valence-corrected chi connectivity index (χ3v) is 4.86. The summed E-state index contributed by atoms with van der Waals surface area (Å²) in [5.74, 6) is 0. The number of anilines is 1. The Morgan fingerprint density at radius 3 is 2.88 bits per heavy atom. The number of ether oxygens (including phenoxy) is 1. The second-order valence-electron chi connectivity index (χ2n) is 5.71. The fraction of sp³-hybridized carbons (Fsp3) is 0.333. The van der Waals surface area contributed by atoms with Gasteiger partial charge in [-0.2, -0.15) is 5.10 Å².